The molecule has 0 spiro atoms. The molecule has 2 heterocycles. The van der Waals surface area contributed by atoms with Gasteiger partial charge in [-0.3, -0.25) is 9.10 Å². The van der Waals surface area contributed by atoms with Crippen molar-refractivity contribution < 1.29 is 17.9 Å². The van der Waals surface area contributed by atoms with Crippen LogP contribution < -0.4 is 13.9 Å². The molecule has 0 saturated carbocycles. The fraction of sp³-hybridized carbons (Fsp3) is 0.316. The molecule has 26 heavy (non-hydrogen) atoms. The summed E-state index contributed by atoms with van der Waals surface area (Å²) in [6, 6.07) is 14.8. The van der Waals surface area contributed by atoms with E-state index < -0.39 is 16.1 Å². The molecule has 2 aliphatic rings. The van der Waals surface area contributed by atoms with Crippen molar-refractivity contribution >= 4 is 27.3 Å². The van der Waals surface area contributed by atoms with Crippen LogP contribution in [0.4, 0.5) is 11.4 Å². The van der Waals surface area contributed by atoms with Crippen molar-refractivity contribution in [1.29, 1.82) is 0 Å². The first-order valence-electron chi connectivity index (χ1n) is 8.58. The standard InChI is InChI=1S/C19H20N2O4S/c1-26(23,24)21-13-11-18(25-17-9-5-4-8-16(17)21)19(22)20-12-10-14-6-2-3-7-15(14)20/h2-9,18H,10-13H2,1H3/t18-/m1/s1. The van der Waals surface area contributed by atoms with Crippen molar-refractivity contribution in [2.45, 2.75) is 18.9 Å². The maximum Gasteiger partial charge on any atom is 0.268 e. The Labute approximate surface area is 153 Å². The number of carbonyl (C=O) groups is 1. The number of amides is 1. The molecule has 0 fully saturated rings. The van der Waals surface area contributed by atoms with Crippen LogP contribution >= 0.6 is 0 Å². The van der Waals surface area contributed by atoms with Gasteiger partial charge in [-0.1, -0.05) is 30.3 Å². The van der Waals surface area contributed by atoms with Gasteiger partial charge in [0.15, 0.2) is 6.10 Å². The molecule has 0 N–H and O–H groups in total. The fourth-order valence-corrected chi connectivity index (χ4v) is 4.53. The van der Waals surface area contributed by atoms with Gasteiger partial charge in [0.1, 0.15) is 5.75 Å². The second-order valence-corrected chi connectivity index (χ2v) is 8.47. The van der Waals surface area contributed by atoms with Crippen LogP contribution in [0.5, 0.6) is 5.75 Å². The molecule has 6 nitrogen and oxygen atoms in total. The molecular formula is C19H20N2O4S. The van der Waals surface area contributed by atoms with Gasteiger partial charge < -0.3 is 9.64 Å². The third-order valence-electron chi connectivity index (χ3n) is 4.83. The molecule has 7 heteroatoms. The van der Waals surface area contributed by atoms with E-state index >= 15 is 0 Å². The van der Waals surface area contributed by atoms with Crippen LogP contribution in [0.2, 0.25) is 0 Å². The minimum absolute atomic E-state index is 0.125. The molecule has 2 aliphatic heterocycles. The van der Waals surface area contributed by atoms with Gasteiger partial charge in [-0.2, -0.15) is 0 Å². The molecular weight excluding hydrogens is 352 g/mol. The Morgan fingerprint density at radius 1 is 1.04 bits per heavy atom. The van der Waals surface area contributed by atoms with Gasteiger partial charge in [0, 0.05) is 25.2 Å². The average Bonchev–Trinajstić information content (AvgIpc) is 2.93. The number of fused-ring (bicyclic) bond motifs is 2. The number of benzene rings is 2. The summed E-state index contributed by atoms with van der Waals surface area (Å²) in [6.07, 6.45) is 1.58. The fourth-order valence-electron chi connectivity index (χ4n) is 3.59. The topological polar surface area (TPSA) is 66.9 Å². The van der Waals surface area contributed by atoms with E-state index in [4.69, 9.17) is 4.74 Å². The van der Waals surface area contributed by atoms with E-state index in [1.807, 2.05) is 24.3 Å². The molecule has 4 rings (SSSR count). The SMILES string of the molecule is CS(=O)(=O)N1CC[C@H](C(=O)N2CCc3ccccc32)Oc2ccccc21. The Bertz CT molecular complexity index is 958. The third kappa shape index (κ3) is 2.92. The van der Waals surface area contributed by atoms with Gasteiger partial charge in [0.2, 0.25) is 10.0 Å². The van der Waals surface area contributed by atoms with Gasteiger partial charge >= 0.3 is 0 Å². The zero-order valence-electron chi connectivity index (χ0n) is 14.5. The normalized spacial score (nSPS) is 19.3. The minimum Gasteiger partial charge on any atom is -0.478 e. The molecule has 2 aromatic carbocycles. The lowest BCUT2D eigenvalue weighted by atomic mass is 10.1. The molecule has 1 amide bonds. The first-order valence-corrected chi connectivity index (χ1v) is 10.4. The van der Waals surface area contributed by atoms with Crippen molar-refractivity contribution in [2.24, 2.45) is 0 Å². The highest BCUT2D eigenvalue weighted by Crippen LogP contribution is 2.35. The van der Waals surface area contributed by atoms with Crippen molar-refractivity contribution in [3.63, 3.8) is 0 Å². The molecule has 2 aromatic rings. The second kappa shape index (κ2) is 6.32. The van der Waals surface area contributed by atoms with E-state index in [1.54, 1.807) is 29.2 Å². The number of hydrogen-bond donors (Lipinski definition) is 0. The molecule has 0 radical (unpaired) electrons. The van der Waals surface area contributed by atoms with E-state index in [0.717, 1.165) is 17.7 Å². The van der Waals surface area contributed by atoms with Crippen LogP contribution in [0.1, 0.15) is 12.0 Å². The van der Waals surface area contributed by atoms with Crippen LogP contribution in [-0.4, -0.2) is 39.8 Å². The number of rotatable bonds is 2. The number of ether oxygens (including phenoxy) is 1. The summed E-state index contributed by atoms with van der Waals surface area (Å²) in [7, 11) is -3.45. The summed E-state index contributed by atoms with van der Waals surface area (Å²) in [5.74, 6) is 0.293. The van der Waals surface area contributed by atoms with Crippen molar-refractivity contribution in [3.05, 3.63) is 54.1 Å². The highest BCUT2D eigenvalue weighted by molar-refractivity contribution is 7.92. The average molecular weight is 372 g/mol. The predicted octanol–water partition coefficient (Wildman–Crippen LogP) is 2.19. The summed E-state index contributed by atoms with van der Waals surface area (Å²) in [5.41, 5.74) is 2.54. The zero-order valence-corrected chi connectivity index (χ0v) is 15.3. The summed E-state index contributed by atoms with van der Waals surface area (Å²) < 4.78 is 31.6. The first kappa shape index (κ1) is 16.9. The maximum absolute atomic E-state index is 13.1. The molecule has 0 unspecified atom stereocenters. The molecule has 0 aliphatic carbocycles. The Morgan fingerprint density at radius 3 is 2.50 bits per heavy atom. The number of para-hydroxylation sites is 3. The van der Waals surface area contributed by atoms with Gasteiger partial charge in [-0.25, -0.2) is 8.42 Å². The van der Waals surface area contributed by atoms with E-state index in [1.165, 1.54) is 10.6 Å². The van der Waals surface area contributed by atoms with Crippen molar-refractivity contribution in [3.8, 4) is 5.75 Å². The van der Waals surface area contributed by atoms with Crippen LogP contribution in [0, 0.1) is 0 Å². The predicted molar refractivity (Wildman–Crippen MR) is 100 cm³/mol. The van der Waals surface area contributed by atoms with Gasteiger partial charge in [0.25, 0.3) is 5.91 Å². The number of carbonyl (C=O) groups excluding carboxylic acids is 1. The molecule has 0 bridgehead atoms. The van der Waals surface area contributed by atoms with E-state index in [-0.39, 0.29) is 12.5 Å². The van der Waals surface area contributed by atoms with Crippen LogP contribution in [0.15, 0.2) is 48.5 Å². The smallest absolute Gasteiger partial charge is 0.268 e. The third-order valence-corrected chi connectivity index (χ3v) is 6.01. The molecule has 0 saturated heterocycles. The number of anilines is 2. The molecule has 0 aromatic heterocycles. The number of hydrogen-bond acceptors (Lipinski definition) is 4. The Morgan fingerprint density at radius 2 is 1.73 bits per heavy atom. The number of sulfonamides is 1. The minimum atomic E-state index is -3.45. The van der Waals surface area contributed by atoms with Gasteiger partial charge in [-0.05, 0) is 30.2 Å². The number of nitrogens with zero attached hydrogens (tertiary/aromatic N) is 2. The Kier molecular flexibility index (Phi) is 4.11. The largest absolute Gasteiger partial charge is 0.478 e. The summed E-state index contributed by atoms with van der Waals surface area (Å²) in [5, 5.41) is 0. The van der Waals surface area contributed by atoms with Gasteiger partial charge in [0.05, 0.1) is 11.9 Å². The van der Waals surface area contributed by atoms with Crippen LogP contribution in [-0.2, 0) is 21.2 Å². The maximum atomic E-state index is 13.1. The van der Waals surface area contributed by atoms with Crippen molar-refractivity contribution in [2.75, 3.05) is 28.6 Å². The Hall–Kier alpha value is -2.54. The second-order valence-electron chi connectivity index (χ2n) is 6.57. The van der Waals surface area contributed by atoms with Crippen LogP contribution in [0.3, 0.4) is 0 Å². The van der Waals surface area contributed by atoms with E-state index in [0.29, 0.717) is 24.4 Å². The zero-order chi connectivity index (χ0) is 18.3. The highest BCUT2D eigenvalue weighted by atomic mass is 32.2. The summed E-state index contributed by atoms with van der Waals surface area (Å²) in [4.78, 5) is 14.9. The Balaban J connectivity index is 1.65. The first-order chi connectivity index (χ1) is 12.4. The van der Waals surface area contributed by atoms with Crippen molar-refractivity contribution in [1.82, 2.24) is 0 Å². The van der Waals surface area contributed by atoms with E-state index in [9.17, 15) is 13.2 Å². The monoisotopic (exact) mass is 372 g/mol. The lowest BCUT2D eigenvalue weighted by molar-refractivity contribution is -0.125. The van der Waals surface area contributed by atoms with Gasteiger partial charge in [-0.15, -0.1) is 0 Å². The quantitative estimate of drug-likeness (QED) is 0.811. The molecule has 1 atom stereocenters. The highest BCUT2D eigenvalue weighted by Gasteiger charge is 2.35. The lowest BCUT2D eigenvalue weighted by Gasteiger charge is -2.23. The van der Waals surface area contributed by atoms with Crippen LogP contribution in [0.25, 0.3) is 0 Å². The molecule has 136 valence electrons. The lowest BCUT2D eigenvalue weighted by Crippen LogP contribution is -2.42. The summed E-state index contributed by atoms with van der Waals surface area (Å²) in [6.45, 7) is 0.831. The van der Waals surface area contributed by atoms with E-state index in [2.05, 4.69) is 0 Å². The summed E-state index contributed by atoms with van der Waals surface area (Å²) >= 11 is 0.